The minimum atomic E-state index is -0.948. The maximum absolute atomic E-state index is 11.6. The Bertz CT molecular complexity index is 458. The van der Waals surface area contributed by atoms with Crippen LogP contribution in [0.25, 0.3) is 0 Å². The number of nitrogens with zero attached hydrogens (tertiary/aromatic N) is 1. The van der Waals surface area contributed by atoms with Crippen molar-refractivity contribution in [3.05, 3.63) is 35.4 Å². The van der Waals surface area contributed by atoms with Gasteiger partial charge in [0.25, 0.3) is 0 Å². The van der Waals surface area contributed by atoms with Gasteiger partial charge in [0, 0.05) is 12.6 Å². The summed E-state index contributed by atoms with van der Waals surface area (Å²) in [5.41, 5.74) is 0.980. The summed E-state index contributed by atoms with van der Waals surface area (Å²) in [6.45, 7) is 4.47. The van der Waals surface area contributed by atoms with Gasteiger partial charge in [0.15, 0.2) is 0 Å². The lowest BCUT2D eigenvalue weighted by Gasteiger charge is -2.18. The van der Waals surface area contributed by atoms with E-state index in [0.29, 0.717) is 12.1 Å². The van der Waals surface area contributed by atoms with E-state index in [2.05, 4.69) is 5.32 Å². The Balaban J connectivity index is 2.64. The molecule has 0 unspecified atom stereocenters. The van der Waals surface area contributed by atoms with Crippen molar-refractivity contribution < 1.29 is 14.7 Å². The van der Waals surface area contributed by atoms with Crippen molar-refractivity contribution in [2.45, 2.75) is 26.4 Å². The molecule has 19 heavy (non-hydrogen) atoms. The Labute approximate surface area is 113 Å². The monoisotopic (exact) mass is 264 g/mol. The van der Waals surface area contributed by atoms with E-state index in [1.165, 1.54) is 0 Å². The zero-order valence-corrected chi connectivity index (χ0v) is 11.5. The fourth-order valence-electron chi connectivity index (χ4n) is 1.83. The second kappa shape index (κ2) is 6.89. The van der Waals surface area contributed by atoms with Crippen LogP contribution in [0.15, 0.2) is 24.3 Å². The average molecular weight is 264 g/mol. The Morgan fingerprint density at radius 2 is 1.95 bits per heavy atom. The summed E-state index contributed by atoms with van der Waals surface area (Å²) in [5.74, 6) is -1.01. The summed E-state index contributed by atoms with van der Waals surface area (Å²) in [6.07, 6.45) is 0. The zero-order chi connectivity index (χ0) is 14.4. The third-order valence-electron chi connectivity index (χ3n) is 2.55. The Morgan fingerprint density at radius 1 is 1.32 bits per heavy atom. The van der Waals surface area contributed by atoms with Crippen LogP contribution in [0.2, 0.25) is 0 Å². The molecule has 0 aliphatic carbocycles. The molecule has 0 aliphatic heterocycles. The molecule has 0 radical (unpaired) electrons. The molecule has 0 saturated carbocycles. The van der Waals surface area contributed by atoms with Crippen LogP contribution in [0, 0.1) is 0 Å². The van der Waals surface area contributed by atoms with Gasteiger partial charge in [-0.25, -0.2) is 4.79 Å². The zero-order valence-electron chi connectivity index (χ0n) is 11.5. The van der Waals surface area contributed by atoms with Gasteiger partial charge in [-0.15, -0.1) is 0 Å². The number of amides is 1. The largest absolute Gasteiger partial charge is 0.478 e. The lowest BCUT2D eigenvalue weighted by Crippen LogP contribution is -2.38. The fraction of sp³-hybridized carbons (Fsp3) is 0.429. The first-order valence-electron chi connectivity index (χ1n) is 6.19. The minimum absolute atomic E-state index is 0.0645. The topological polar surface area (TPSA) is 69.6 Å². The van der Waals surface area contributed by atoms with Gasteiger partial charge in [-0.3, -0.25) is 9.69 Å². The quantitative estimate of drug-likeness (QED) is 0.813. The molecule has 0 aliphatic rings. The fourth-order valence-corrected chi connectivity index (χ4v) is 1.83. The number of benzene rings is 1. The van der Waals surface area contributed by atoms with Gasteiger partial charge in [0.2, 0.25) is 5.91 Å². The number of carboxylic acid groups (broad SMARTS) is 1. The number of carboxylic acids is 1. The SMILES string of the molecule is CC(C)NC(=O)CN(C)Cc1ccccc1C(=O)O. The predicted octanol–water partition coefficient (Wildman–Crippen LogP) is 1.34. The summed E-state index contributed by atoms with van der Waals surface area (Å²) in [4.78, 5) is 24.5. The van der Waals surface area contributed by atoms with Crippen LogP contribution in [-0.4, -0.2) is 41.5 Å². The van der Waals surface area contributed by atoms with E-state index in [9.17, 15) is 9.59 Å². The van der Waals surface area contributed by atoms with E-state index in [0.717, 1.165) is 0 Å². The number of likely N-dealkylation sites (N-methyl/N-ethyl adjacent to an activating group) is 1. The van der Waals surface area contributed by atoms with Gasteiger partial charge in [0.1, 0.15) is 0 Å². The molecule has 1 aromatic carbocycles. The van der Waals surface area contributed by atoms with Crippen molar-refractivity contribution in [1.82, 2.24) is 10.2 Å². The van der Waals surface area contributed by atoms with E-state index in [-0.39, 0.29) is 24.1 Å². The van der Waals surface area contributed by atoms with Gasteiger partial charge < -0.3 is 10.4 Å². The maximum atomic E-state index is 11.6. The Morgan fingerprint density at radius 3 is 2.53 bits per heavy atom. The van der Waals surface area contributed by atoms with Crippen LogP contribution in [-0.2, 0) is 11.3 Å². The molecule has 1 rings (SSSR count). The maximum Gasteiger partial charge on any atom is 0.336 e. The third kappa shape index (κ3) is 5.09. The minimum Gasteiger partial charge on any atom is -0.478 e. The molecule has 1 aromatic rings. The molecule has 1 amide bonds. The van der Waals surface area contributed by atoms with E-state index >= 15 is 0 Å². The lowest BCUT2D eigenvalue weighted by molar-refractivity contribution is -0.122. The van der Waals surface area contributed by atoms with Gasteiger partial charge in [-0.2, -0.15) is 0 Å². The predicted molar refractivity (Wildman–Crippen MR) is 73.0 cm³/mol. The molecular weight excluding hydrogens is 244 g/mol. The molecule has 104 valence electrons. The molecule has 5 heteroatoms. The second-order valence-corrected chi connectivity index (χ2v) is 4.86. The summed E-state index contributed by atoms with van der Waals surface area (Å²) in [7, 11) is 1.79. The van der Waals surface area contributed by atoms with Gasteiger partial charge >= 0.3 is 5.97 Å². The molecule has 0 fully saturated rings. The third-order valence-corrected chi connectivity index (χ3v) is 2.55. The van der Waals surface area contributed by atoms with Gasteiger partial charge in [-0.05, 0) is 32.5 Å². The molecule has 0 spiro atoms. The van der Waals surface area contributed by atoms with Crippen molar-refractivity contribution in [2.24, 2.45) is 0 Å². The van der Waals surface area contributed by atoms with Crippen molar-refractivity contribution in [1.29, 1.82) is 0 Å². The van der Waals surface area contributed by atoms with Crippen molar-refractivity contribution >= 4 is 11.9 Å². The molecule has 0 heterocycles. The van der Waals surface area contributed by atoms with Crippen LogP contribution >= 0.6 is 0 Å². The number of rotatable bonds is 6. The average Bonchev–Trinajstić information content (AvgIpc) is 2.27. The molecule has 0 aromatic heterocycles. The van der Waals surface area contributed by atoms with Crippen LogP contribution in [0.1, 0.15) is 29.8 Å². The van der Waals surface area contributed by atoms with E-state index in [4.69, 9.17) is 5.11 Å². The molecule has 0 bridgehead atoms. The van der Waals surface area contributed by atoms with Crippen molar-refractivity contribution in [3.8, 4) is 0 Å². The number of aromatic carboxylic acids is 1. The van der Waals surface area contributed by atoms with Crippen LogP contribution < -0.4 is 5.32 Å². The lowest BCUT2D eigenvalue weighted by atomic mass is 10.1. The smallest absolute Gasteiger partial charge is 0.336 e. The van der Waals surface area contributed by atoms with Crippen LogP contribution in [0.4, 0.5) is 0 Å². The number of hydrogen-bond donors (Lipinski definition) is 2. The van der Waals surface area contributed by atoms with Gasteiger partial charge in [0.05, 0.1) is 12.1 Å². The molecular formula is C14H20N2O3. The molecule has 0 atom stereocenters. The Hall–Kier alpha value is -1.88. The first-order valence-corrected chi connectivity index (χ1v) is 6.19. The highest BCUT2D eigenvalue weighted by molar-refractivity contribution is 5.89. The Kier molecular flexibility index (Phi) is 5.51. The number of nitrogens with one attached hydrogen (secondary N) is 1. The highest BCUT2D eigenvalue weighted by Crippen LogP contribution is 2.10. The number of carbonyl (C=O) groups excluding carboxylic acids is 1. The number of carbonyl (C=O) groups is 2. The molecule has 5 nitrogen and oxygen atoms in total. The standard InChI is InChI=1S/C14H20N2O3/c1-10(2)15-13(17)9-16(3)8-11-6-4-5-7-12(11)14(18)19/h4-7,10H,8-9H2,1-3H3,(H,15,17)(H,18,19). The highest BCUT2D eigenvalue weighted by Gasteiger charge is 2.13. The van der Waals surface area contributed by atoms with Crippen molar-refractivity contribution in [3.63, 3.8) is 0 Å². The number of hydrogen-bond acceptors (Lipinski definition) is 3. The van der Waals surface area contributed by atoms with Crippen LogP contribution in [0.3, 0.4) is 0 Å². The highest BCUT2D eigenvalue weighted by atomic mass is 16.4. The summed E-state index contributed by atoms with van der Waals surface area (Å²) < 4.78 is 0. The van der Waals surface area contributed by atoms with Gasteiger partial charge in [-0.1, -0.05) is 18.2 Å². The molecule has 2 N–H and O–H groups in total. The van der Waals surface area contributed by atoms with Crippen molar-refractivity contribution in [2.75, 3.05) is 13.6 Å². The summed E-state index contributed by atoms with van der Waals surface area (Å²) >= 11 is 0. The van der Waals surface area contributed by atoms with E-state index in [1.807, 2.05) is 13.8 Å². The second-order valence-electron chi connectivity index (χ2n) is 4.86. The van der Waals surface area contributed by atoms with E-state index in [1.54, 1.807) is 36.2 Å². The normalized spacial score (nSPS) is 10.8. The van der Waals surface area contributed by atoms with Crippen LogP contribution in [0.5, 0.6) is 0 Å². The first kappa shape index (κ1) is 15.2. The first-order chi connectivity index (χ1) is 8.90. The summed E-state index contributed by atoms with van der Waals surface area (Å²) in [5, 5.41) is 11.9. The summed E-state index contributed by atoms with van der Waals surface area (Å²) in [6, 6.07) is 6.93. The molecule has 0 saturated heterocycles. The van der Waals surface area contributed by atoms with E-state index < -0.39 is 5.97 Å².